The third-order valence-corrected chi connectivity index (χ3v) is 12.0. The van der Waals surface area contributed by atoms with Crippen molar-refractivity contribution in [2.75, 3.05) is 31.7 Å². The average Bonchev–Trinajstić information content (AvgIpc) is 2.95. The molecule has 0 spiro atoms. The second kappa shape index (κ2) is 9.87. The Morgan fingerprint density at radius 2 is 0.957 bits per heavy atom. The fourth-order valence-corrected chi connectivity index (χ4v) is 11.5. The van der Waals surface area contributed by atoms with E-state index in [1.807, 2.05) is 0 Å². The van der Waals surface area contributed by atoms with E-state index in [0.717, 1.165) is 13.2 Å². The predicted octanol–water partition coefficient (Wildman–Crippen LogP) is 5.66. The van der Waals surface area contributed by atoms with E-state index in [-0.39, 0.29) is 18.5 Å². The molecule has 2 aliphatic heterocycles. The van der Waals surface area contributed by atoms with Crippen LogP contribution in [0.4, 0.5) is 0 Å². The number of rotatable bonds is 6. The number of ether oxygens (including phenoxy) is 1. The first kappa shape index (κ1) is 21.6. The number of hydrogen-bond acceptors (Lipinski definition) is 7. The van der Waals surface area contributed by atoms with E-state index in [9.17, 15) is 13.7 Å². The zero-order chi connectivity index (χ0) is 17.4. The lowest BCUT2D eigenvalue weighted by atomic mass is 10.4. The third kappa shape index (κ3) is 7.52. The molecular formula is C13H29O7P3. The minimum absolute atomic E-state index is 0.109. The molecule has 0 saturated carbocycles. The molecule has 0 aromatic rings. The summed E-state index contributed by atoms with van der Waals surface area (Å²) in [5.74, 6) is 0. The van der Waals surface area contributed by atoms with Crippen molar-refractivity contribution in [2.24, 2.45) is 0 Å². The molecule has 10 heteroatoms. The van der Waals surface area contributed by atoms with Crippen molar-refractivity contribution in [1.82, 2.24) is 0 Å². The topological polar surface area (TPSA) is 88.1 Å². The summed E-state index contributed by atoms with van der Waals surface area (Å²) in [6.07, 6.45) is 4.49. The Morgan fingerprint density at radius 1 is 0.652 bits per heavy atom. The maximum Gasteiger partial charge on any atom is 0.345 e. The minimum Gasteiger partial charge on any atom is -0.381 e. The Labute approximate surface area is 139 Å². The van der Waals surface area contributed by atoms with E-state index >= 15 is 0 Å². The van der Waals surface area contributed by atoms with Crippen molar-refractivity contribution in [1.29, 1.82) is 0 Å². The molecule has 23 heavy (non-hydrogen) atoms. The third-order valence-electron chi connectivity index (χ3n) is 3.07. The average molecular weight is 390 g/mol. The lowest BCUT2D eigenvalue weighted by molar-refractivity contribution is 0.198. The second-order valence-electron chi connectivity index (χ2n) is 5.57. The van der Waals surface area contributed by atoms with Crippen molar-refractivity contribution in [2.45, 2.75) is 52.9 Å². The molecule has 2 fully saturated rings. The zero-order valence-corrected chi connectivity index (χ0v) is 17.0. The van der Waals surface area contributed by atoms with Crippen LogP contribution in [0, 0.1) is 0 Å². The highest BCUT2D eigenvalue weighted by atomic mass is 31.3. The van der Waals surface area contributed by atoms with Crippen molar-refractivity contribution < 1.29 is 31.4 Å². The van der Waals surface area contributed by atoms with Crippen LogP contribution in [-0.2, 0) is 31.4 Å². The fourth-order valence-electron chi connectivity index (χ4n) is 2.19. The van der Waals surface area contributed by atoms with Gasteiger partial charge in [-0.05, 0) is 32.1 Å². The van der Waals surface area contributed by atoms with Crippen molar-refractivity contribution in [3.8, 4) is 0 Å². The van der Waals surface area contributed by atoms with Gasteiger partial charge >= 0.3 is 22.8 Å². The van der Waals surface area contributed by atoms with Gasteiger partial charge in [0.1, 0.15) is 0 Å². The highest BCUT2D eigenvalue weighted by Crippen LogP contribution is 2.82. The molecule has 0 aromatic heterocycles. The number of hydrogen-bond donors (Lipinski definition) is 0. The quantitative estimate of drug-likeness (QED) is 0.541. The van der Waals surface area contributed by atoms with Crippen molar-refractivity contribution in [3.05, 3.63) is 0 Å². The van der Waals surface area contributed by atoms with E-state index in [0.29, 0.717) is 19.3 Å². The van der Waals surface area contributed by atoms with Crippen molar-refractivity contribution in [3.63, 3.8) is 0 Å². The Bertz CT molecular complexity index is 403. The van der Waals surface area contributed by atoms with Gasteiger partial charge in [0.05, 0.1) is 18.5 Å². The molecule has 0 aliphatic carbocycles. The second-order valence-corrected chi connectivity index (χ2v) is 12.5. The molecule has 2 aliphatic rings. The maximum absolute atomic E-state index is 12.3. The summed E-state index contributed by atoms with van der Waals surface area (Å²) in [5.41, 5.74) is 0. The van der Waals surface area contributed by atoms with Crippen LogP contribution < -0.4 is 0 Å². The standard InChI is InChI=1S/C9H21O6P3.C4H8O/c1-4-7-16(10)13-17(11,8-5-2)15-18(12,14-16)9-6-3;1-2-4-5-3-1/h4-9H2,1-3H3;1-4H2. The van der Waals surface area contributed by atoms with Crippen molar-refractivity contribution >= 4 is 22.8 Å². The van der Waals surface area contributed by atoms with Gasteiger partial charge in [0.25, 0.3) is 0 Å². The van der Waals surface area contributed by atoms with Gasteiger partial charge in [0, 0.05) is 13.2 Å². The highest BCUT2D eigenvalue weighted by molar-refractivity contribution is 7.80. The van der Waals surface area contributed by atoms with E-state index < -0.39 is 22.8 Å². The molecule has 2 rings (SSSR count). The van der Waals surface area contributed by atoms with Gasteiger partial charge in [0.2, 0.25) is 0 Å². The first-order chi connectivity index (χ1) is 10.8. The SMILES string of the molecule is C1CCOC1.CCCP1(=O)OP(=O)(CCC)OP(=O)(CCC)O1. The smallest absolute Gasteiger partial charge is 0.345 e. The molecule has 0 atom stereocenters. The van der Waals surface area contributed by atoms with Crippen LogP contribution in [0.2, 0.25) is 0 Å². The summed E-state index contributed by atoms with van der Waals surface area (Å²) in [6.45, 7) is 7.41. The molecule has 0 radical (unpaired) electrons. The lowest BCUT2D eigenvalue weighted by Gasteiger charge is -2.33. The monoisotopic (exact) mass is 390 g/mol. The van der Waals surface area contributed by atoms with Crippen LogP contribution >= 0.6 is 22.8 Å². The summed E-state index contributed by atoms with van der Waals surface area (Å²) in [5, 5.41) is 0. The van der Waals surface area contributed by atoms with Gasteiger partial charge in [-0.25, -0.2) is 12.9 Å². The predicted molar refractivity (Wildman–Crippen MR) is 91.6 cm³/mol. The van der Waals surface area contributed by atoms with Crippen LogP contribution in [0.3, 0.4) is 0 Å². The molecule has 0 bridgehead atoms. The Balaban J connectivity index is 0.000000446. The molecular weight excluding hydrogens is 361 g/mol. The van der Waals surface area contributed by atoms with Gasteiger partial charge in [-0.2, -0.15) is 0 Å². The molecule has 2 saturated heterocycles. The van der Waals surface area contributed by atoms with Gasteiger partial charge in [-0.3, -0.25) is 13.7 Å². The molecule has 7 nitrogen and oxygen atoms in total. The van der Waals surface area contributed by atoms with E-state index in [4.69, 9.17) is 17.7 Å². The largest absolute Gasteiger partial charge is 0.381 e. The van der Waals surface area contributed by atoms with Gasteiger partial charge in [0.15, 0.2) is 0 Å². The van der Waals surface area contributed by atoms with Gasteiger partial charge in [-0.15, -0.1) is 0 Å². The molecule has 0 aromatic carbocycles. The van der Waals surface area contributed by atoms with Crippen LogP contribution in [0.25, 0.3) is 0 Å². The maximum atomic E-state index is 12.3. The molecule has 2 heterocycles. The summed E-state index contributed by atoms with van der Waals surface area (Å²) >= 11 is 0. The summed E-state index contributed by atoms with van der Waals surface area (Å²) in [4.78, 5) is 0. The Hall–Kier alpha value is 0.530. The van der Waals surface area contributed by atoms with Gasteiger partial charge < -0.3 is 4.74 Å². The first-order valence-corrected chi connectivity index (χ1v) is 13.5. The zero-order valence-electron chi connectivity index (χ0n) is 14.3. The summed E-state index contributed by atoms with van der Waals surface area (Å²) < 4.78 is 57.2. The molecule has 138 valence electrons. The van der Waals surface area contributed by atoms with E-state index in [1.165, 1.54) is 12.8 Å². The van der Waals surface area contributed by atoms with Crippen LogP contribution in [0.5, 0.6) is 0 Å². The van der Waals surface area contributed by atoms with Crippen LogP contribution in [0.1, 0.15) is 52.9 Å². The Morgan fingerprint density at radius 3 is 1.13 bits per heavy atom. The van der Waals surface area contributed by atoms with Crippen LogP contribution in [-0.4, -0.2) is 31.7 Å². The normalized spacial score (nSPS) is 37.2. The molecule has 0 unspecified atom stereocenters. The minimum atomic E-state index is -3.57. The lowest BCUT2D eigenvalue weighted by Crippen LogP contribution is -2.10. The fraction of sp³-hybridized carbons (Fsp3) is 1.00. The van der Waals surface area contributed by atoms with E-state index in [1.54, 1.807) is 20.8 Å². The Kier molecular flexibility index (Phi) is 9.26. The van der Waals surface area contributed by atoms with Crippen LogP contribution in [0.15, 0.2) is 0 Å². The first-order valence-electron chi connectivity index (χ1n) is 8.29. The molecule has 0 amide bonds. The molecule has 0 N–H and O–H groups in total. The summed E-state index contributed by atoms with van der Waals surface area (Å²) in [6, 6.07) is 0. The van der Waals surface area contributed by atoms with E-state index in [2.05, 4.69) is 0 Å². The summed E-state index contributed by atoms with van der Waals surface area (Å²) in [7, 11) is -10.7. The van der Waals surface area contributed by atoms with Gasteiger partial charge in [-0.1, -0.05) is 20.8 Å². The highest BCUT2D eigenvalue weighted by Gasteiger charge is 2.51.